The summed E-state index contributed by atoms with van der Waals surface area (Å²) in [6, 6.07) is 32.7. The zero-order chi connectivity index (χ0) is 19.2. The molecule has 0 atom stereocenters. The van der Waals surface area contributed by atoms with Gasteiger partial charge in [-0.1, -0.05) is 58.7 Å². The van der Waals surface area contributed by atoms with Gasteiger partial charge in [0.15, 0.2) is 0 Å². The first-order valence-corrected chi connectivity index (χ1v) is 10.7. The third kappa shape index (κ3) is 6.05. The number of rotatable bonds is 3. The standard InChI is InChI=1S/C21H22P.C5H5.Fe/c1-15-9-16(2)12-20(11-15)22(19-7-5-6-8-19)21-13-17(3)10-18(4)14-21;1-2-4-5-3-1;/h5-14H,1-4H3;1-5H;/q2*-1;+2. The third-order valence-corrected chi connectivity index (χ3v) is 6.75. The van der Waals surface area contributed by atoms with Gasteiger partial charge in [0.1, 0.15) is 0 Å². The summed E-state index contributed by atoms with van der Waals surface area (Å²) in [6.45, 7) is 8.76. The van der Waals surface area contributed by atoms with Gasteiger partial charge in [0.25, 0.3) is 0 Å². The topological polar surface area (TPSA) is 0 Å². The first kappa shape index (κ1) is 22.4. The minimum Gasteiger partial charge on any atom is -0.214 e. The minimum absolute atomic E-state index is 0. The predicted octanol–water partition coefficient (Wildman–Crippen LogP) is 5.80. The first-order chi connectivity index (χ1) is 13.0. The average Bonchev–Trinajstić information content (AvgIpc) is 3.30. The zero-order valence-electron chi connectivity index (χ0n) is 17.0. The Morgan fingerprint density at radius 3 is 1.39 bits per heavy atom. The van der Waals surface area contributed by atoms with Crippen LogP contribution in [0.5, 0.6) is 0 Å². The molecule has 0 bridgehead atoms. The first-order valence-electron chi connectivity index (χ1n) is 9.38. The molecule has 4 rings (SSSR count). The predicted molar refractivity (Wildman–Crippen MR) is 122 cm³/mol. The molecular weight excluding hydrogens is 399 g/mol. The summed E-state index contributed by atoms with van der Waals surface area (Å²) in [5.41, 5.74) is 5.38. The Morgan fingerprint density at radius 1 is 0.607 bits per heavy atom. The molecule has 0 fully saturated rings. The second-order valence-corrected chi connectivity index (χ2v) is 9.35. The Morgan fingerprint density at radius 2 is 1.07 bits per heavy atom. The van der Waals surface area contributed by atoms with Gasteiger partial charge < -0.3 is 0 Å². The molecular formula is C26H27FeP. The van der Waals surface area contributed by atoms with Crippen molar-refractivity contribution < 1.29 is 17.1 Å². The molecule has 4 aromatic rings. The molecule has 0 saturated heterocycles. The largest absolute Gasteiger partial charge is 2.00 e. The van der Waals surface area contributed by atoms with E-state index in [9.17, 15) is 0 Å². The van der Waals surface area contributed by atoms with Gasteiger partial charge in [-0.3, -0.25) is 0 Å². The summed E-state index contributed by atoms with van der Waals surface area (Å²) < 4.78 is 0. The van der Waals surface area contributed by atoms with Crippen molar-refractivity contribution in [2.24, 2.45) is 0 Å². The van der Waals surface area contributed by atoms with E-state index in [1.54, 1.807) is 0 Å². The second-order valence-electron chi connectivity index (χ2n) is 7.13. The Kier molecular flexibility index (Phi) is 8.46. The molecule has 28 heavy (non-hydrogen) atoms. The number of hydrogen-bond donors (Lipinski definition) is 0. The molecule has 2 heteroatoms. The van der Waals surface area contributed by atoms with E-state index < -0.39 is 7.92 Å². The summed E-state index contributed by atoms with van der Waals surface area (Å²) in [7, 11) is -0.474. The fourth-order valence-corrected chi connectivity index (χ4v) is 6.14. The van der Waals surface area contributed by atoms with Crippen molar-refractivity contribution in [1.29, 1.82) is 0 Å². The summed E-state index contributed by atoms with van der Waals surface area (Å²) >= 11 is 0. The quantitative estimate of drug-likeness (QED) is 0.221. The molecule has 0 aliphatic rings. The van der Waals surface area contributed by atoms with Crippen LogP contribution in [-0.4, -0.2) is 0 Å². The molecule has 0 saturated carbocycles. The van der Waals surface area contributed by atoms with Crippen molar-refractivity contribution in [3.63, 3.8) is 0 Å². The van der Waals surface area contributed by atoms with Crippen molar-refractivity contribution in [1.82, 2.24) is 0 Å². The van der Waals surface area contributed by atoms with Crippen molar-refractivity contribution in [2.75, 3.05) is 0 Å². The summed E-state index contributed by atoms with van der Waals surface area (Å²) in [6.07, 6.45) is 0. The molecule has 0 aliphatic heterocycles. The summed E-state index contributed by atoms with van der Waals surface area (Å²) in [5.74, 6) is 0. The van der Waals surface area contributed by atoms with Gasteiger partial charge in [-0.05, 0) is 46.2 Å². The number of benzene rings is 2. The van der Waals surface area contributed by atoms with E-state index >= 15 is 0 Å². The Balaban J connectivity index is 0.000000408. The molecule has 0 radical (unpaired) electrons. The van der Waals surface area contributed by atoms with Crippen molar-refractivity contribution >= 4 is 23.8 Å². The third-order valence-electron chi connectivity index (χ3n) is 4.39. The Bertz CT molecular complexity index is 857. The van der Waals surface area contributed by atoms with Gasteiger partial charge in [-0.15, -0.1) is 5.30 Å². The van der Waals surface area contributed by atoms with Crippen LogP contribution in [-0.2, 0) is 17.1 Å². The van der Waals surface area contributed by atoms with Crippen LogP contribution in [0.25, 0.3) is 0 Å². The van der Waals surface area contributed by atoms with E-state index in [2.05, 4.69) is 88.4 Å². The number of aryl methyl sites for hydroxylation is 4. The maximum atomic E-state index is 2.35. The van der Waals surface area contributed by atoms with Gasteiger partial charge in [0.2, 0.25) is 0 Å². The van der Waals surface area contributed by atoms with E-state index in [0.29, 0.717) is 0 Å². The molecule has 0 amide bonds. The van der Waals surface area contributed by atoms with Crippen LogP contribution in [0.4, 0.5) is 0 Å². The molecule has 0 aromatic heterocycles. The van der Waals surface area contributed by atoms with Gasteiger partial charge in [0.05, 0.1) is 0 Å². The fraction of sp³-hybridized carbons (Fsp3) is 0.154. The molecule has 0 nitrogen and oxygen atoms in total. The maximum Gasteiger partial charge on any atom is 2.00 e. The van der Waals surface area contributed by atoms with Crippen LogP contribution in [0.2, 0.25) is 0 Å². The van der Waals surface area contributed by atoms with Gasteiger partial charge in [-0.2, -0.15) is 30.3 Å². The maximum absolute atomic E-state index is 2.35. The molecule has 0 unspecified atom stereocenters. The van der Waals surface area contributed by atoms with Crippen molar-refractivity contribution in [2.45, 2.75) is 27.7 Å². The van der Waals surface area contributed by atoms with E-state index in [0.717, 1.165) is 0 Å². The van der Waals surface area contributed by atoms with Gasteiger partial charge in [-0.25, -0.2) is 24.3 Å². The Labute approximate surface area is 181 Å². The van der Waals surface area contributed by atoms with Crippen LogP contribution >= 0.6 is 7.92 Å². The van der Waals surface area contributed by atoms with Gasteiger partial charge >= 0.3 is 17.1 Å². The zero-order valence-corrected chi connectivity index (χ0v) is 19.0. The van der Waals surface area contributed by atoms with Crippen LogP contribution in [0.15, 0.2) is 91.0 Å². The average molecular weight is 426 g/mol. The van der Waals surface area contributed by atoms with E-state index in [1.165, 1.54) is 38.2 Å². The molecule has 0 aliphatic carbocycles. The summed E-state index contributed by atoms with van der Waals surface area (Å²) in [4.78, 5) is 0. The van der Waals surface area contributed by atoms with E-state index in [4.69, 9.17) is 0 Å². The van der Waals surface area contributed by atoms with Crippen LogP contribution < -0.4 is 15.9 Å². The molecule has 4 aromatic carbocycles. The monoisotopic (exact) mass is 426 g/mol. The van der Waals surface area contributed by atoms with Crippen molar-refractivity contribution in [3.8, 4) is 0 Å². The fourth-order valence-electron chi connectivity index (χ4n) is 3.44. The SMILES string of the molecule is Cc1cc(C)cc(P(c2cc(C)cc(C)c2)c2ccc[cH-]2)c1.[Fe+2].c1cc[cH-]c1. The van der Waals surface area contributed by atoms with Crippen LogP contribution in [0.1, 0.15) is 22.3 Å². The minimum atomic E-state index is -0.474. The normalized spacial score (nSPS) is 10.2. The molecule has 0 spiro atoms. The number of hydrogen-bond acceptors (Lipinski definition) is 0. The molecule has 0 heterocycles. The Hall–Kier alpha value is -1.91. The van der Waals surface area contributed by atoms with Crippen molar-refractivity contribution in [3.05, 3.63) is 113 Å². The van der Waals surface area contributed by atoms with Crippen LogP contribution in [0, 0.1) is 27.7 Å². The van der Waals surface area contributed by atoms with Crippen LogP contribution in [0.3, 0.4) is 0 Å². The molecule has 0 N–H and O–H groups in total. The second kappa shape index (κ2) is 10.6. The van der Waals surface area contributed by atoms with Gasteiger partial charge in [0, 0.05) is 0 Å². The summed E-state index contributed by atoms with van der Waals surface area (Å²) in [5, 5.41) is 4.33. The van der Waals surface area contributed by atoms with E-state index in [-0.39, 0.29) is 17.1 Å². The smallest absolute Gasteiger partial charge is 0.214 e. The molecule has 144 valence electrons. The van der Waals surface area contributed by atoms with E-state index in [1.807, 2.05) is 30.3 Å².